The molecule has 2 heterocycles. The van der Waals surface area contributed by atoms with Crippen molar-refractivity contribution in [1.82, 2.24) is 10.2 Å². The fourth-order valence-electron chi connectivity index (χ4n) is 3.24. The second kappa shape index (κ2) is 6.11. The van der Waals surface area contributed by atoms with Crippen LogP contribution in [0.15, 0.2) is 12.1 Å². The van der Waals surface area contributed by atoms with E-state index in [2.05, 4.69) is 10.6 Å². The Kier molecular flexibility index (Phi) is 4.21. The van der Waals surface area contributed by atoms with E-state index in [-0.39, 0.29) is 24.9 Å². The third-order valence-electron chi connectivity index (χ3n) is 4.29. The molecule has 7 nitrogen and oxygen atoms in total. The molecule has 4 amide bonds. The van der Waals surface area contributed by atoms with Crippen LogP contribution in [0, 0.1) is 0 Å². The first-order valence-corrected chi connectivity index (χ1v) is 7.75. The minimum absolute atomic E-state index is 0.000196. The summed E-state index contributed by atoms with van der Waals surface area (Å²) in [6.07, 6.45) is -4.83. The third kappa shape index (κ3) is 3.02. The zero-order chi connectivity index (χ0) is 19.2. The van der Waals surface area contributed by atoms with E-state index in [1.165, 1.54) is 6.07 Å². The predicted octanol–water partition coefficient (Wildman–Crippen LogP) is 1.42. The Bertz CT molecular complexity index is 835. The number of nitrogens with zero attached hydrogens (tertiary/aromatic N) is 1. The van der Waals surface area contributed by atoms with E-state index in [4.69, 9.17) is 0 Å². The number of hydrogen-bond donors (Lipinski definition) is 2. The molecule has 2 N–H and O–H groups in total. The number of imide groups is 1. The third-order valence-corrected chi connectivity index (χ3v) is 4.29. The molecule has 0 spiro atoms. The van der Waals surface area contributed by atoms with Crippen molar-refractivity contribution in [3.05, 3.63) is 28.8 Å². The maximum Gasteiger partial charge on any atom is 0.419 e. The van der Waals surface area contributed by atoms with Crippen LogP contribution < -0.4 is 10.6 Å². The van der Waals surface area contributed by atoms with Gasteiger partial charge in [-0.2, -0.15) is 13.2 Å². The Morgan fingerprint density at radius 1 is 1.27 bits per heavy atom. The summed E-state index contributed by atoms with van der Waals surface area (Å²) in [7, 11) is 0. The van der Waals surface area contributed by atoms with Crippen LogP contribution in [-0.4, -0.2) is 34.6 Å². The van der Waals surface area contributed by atoms with Crippen LogP contribution in [0.2, 0.25) is 0 Å². The molecule has 138 valence electrons. The number of nitrogens with one attached hydrogen (secondary N) is 2. The molecule has 0 aromatic heterocycles. The number of fused-ring (bicyclic) bond motifs is 1. The van der Waals surface area contributed by atoms with E-state index in [1.807, 2.05) is 0 Å². The number of benzene rings is 1. The van der Waals surface area contributed by atoms with Crippen molar-refractivity contribution in [2.75, 3.05) is 5.32 Å². The molecule has 1 fully saturated rings. The summed E-state index contributed by atoms with van der Waals surface area (Å²) in [6.45, 7) is 0.884. The number of carbonyl (C=O) groups excluding carboxylic acids is 4. The molecular formula is C16H14F3N3O4. The summed E-state index contributed by atoms with van der Waals surface area (Å²) in [6, 6.07) is 1.39. The zero-order valence-corrected chi connectivity index (χ0v) is 13.6. The molecular weight excluding hydrogens is 355 g/mol. The van der Waals surface area contributed by atoms with Gasteiger partial charge in [0.25, 0.3) is 5.91 Å². The van der Waals surface area contributed by atoms with Crippen molar-refractivity contribution < 1.29 is 32.3 Å². The van der Waals surface area contributed by atoms with Gasteiger partial charge in [0.05, 0.1) is 16.8 Å². The second-order valence-corrected chi connectivity index (χ2v) is 6.10. The lowest BCUT2D eigenvalue weighted by atomic mass is 10.00. The summed E-state index contributed by atoms with van der Waals surface area (Å²) in [5.41, 5.74) is -2.21. The SMILES string of the molecule is CC(=O)Nc1ccc2c(c1C(F)(F)F)C(=O)N(C1CCC(=O)NC1=O)C2. The maximum atomic E-state index is 13.6. The molecule has 1 unspecified atom stereocenters. The standard InChI is InChI=1S/C16H14F3N3O4/c1-7(23)20-9-3-2-8-6-22(10-4-5-11(24)21-14(10)25)15(26)12(8)13(9)16(17,18)19/h2-3,10H,4-6H2,1H3,(H,20,23)(H,21,24,25). The Hall–Kier alpha value is -2.91. The maximum absolute atomic E-state index is 13.6. The summed E-state index contributed by atoms with van der Waals surface area (Å²) in [5, 5.41) is 4.17. The number of alkyl halides is 3. The van der Waals surface area contributed by atoms with Crippen molar-refractivity contribution in [3.63, 3.8) is 0 Å². The summed E-state index contributed by atoms with van der Waals surface area (Å²) in [5.74, 6) is -2.85. The average molecular weight is 369 g/mol. The topological polar surface area (TPSA) is 95.6 Å². The molecule has 0 aliphatic carbocycles. The van der Waals surface area contributed by atoms with E-state index in [9.17, 15) is 32.3 Å². The highest BCUT2D eigenvalue weighted by molar-refractivity contribution is 6.07. The van der Waals surface area contributed by atoms with Crippen molar-refractivity contribution in [2.24, 2.45) is 0 Å². The Labute approximate surface area is 145 Å². The second-order valence-electron chi connectivity index (χ2n) is 6.10. The Morgan fingerprint density at radius 2 is 1.96 bits per heavy atom. The number of halogens is 3. The summed E-state index contributed by atoms with van der Waals surface area (Å²) < 4.78 is 40.7. The zero-order valence-electron chi connectivity index (χ0n) is 13.6. The van der Waals surface area contributed by atoms with E-state index < -0.39 is 52.7 Å². The number of carbonyl (C=O) groups is 4. The lowest BCUT2D eigenvalue weighted by Crippen LogP contribution is -2.52. The van der Waals surface area contributed by atoms with E-state index >= 15 is 0 Å². The van der Waals surface area contributed by atoms with Gasteiger partial charge in [-0.15, -0.1) is 0 Å². The van der Waals surface area contributed by atoms with Crippen LogP contribution in [0.1, 0.15) is 41.3 Å². The Balaban J connectivity index is 2.03. The smallest absolute Gasteiger partial charge is 0.326 e. The average Bonchev–Trinajstić information content (AvgIpc) is 2.82. The summed E-state index contributed by atoms with van der Waals surface area (Å²) in [4.78, 5) is 48.1. The molecule has 26 heavy (non-hydrogen) atoms. The first-order chi connectivity index (χ1) is 12.1. The van der Waals surface area contributed by atoms with Gasteiger partial charge in [-0.25, -0.2) is 0 Å². The van der Waals surface area contributed by atoms with Crippen LogP contribution in [-0.2, 0) is 27.1 Å². The fraction of sp³-hybridized carbons (Fsp3) is 0.375. The van der Waals surface area contributed by atoms with Crippen LogP contribution in [0.3, 0.4) is 0 Å². The highest BCUT2D eigenvalue weighted by Gasteiger charge is 2.46. The van der Waals surface area contributed by atoms with Crippen LogP contribution in [0.4, 0.5) is 18.9 Å². The molecule has 1 aromatic carbocycles. The number of rotatable bonds is 2. The van der Waals surface area contributed by atoms with Gasteiger partial charge in [0.2, 0.25) is 17.7 Å². The van der Waals surface area contributed by atoms with Gasteiger partial charge in [0.1, 0.15) is 6.04 Å². The molecule has 0 saturated carbocycles. The lowest BCUT2D eigenvalue weighted by molar-refractivity contribution is -0.137. The number of anilines is 1. The van der Waals surface area contributed by atoms with E-state index in [1.54, 1.807) is 0 Å². The van der Waals surface area contributed by atoms with Gasteiger partial charge in [-0.05, 0) is 18.1 Å². The Morgan fingerprint density at radius 3 is 2.54 bits per heavy atom. The van der Waals surface area contributed by atoms with Crippen molar-refractivity contribution in [2.45, 2.75) is 38.5 Å². The highest BCUT2D eigenvalue weighted by atomic mass is 19.4. The van der Waals surface area contributed by atoms with Crippen molar-refractivity contribution in [3.8, 4) is 0 Å². The molecule has 0 radical (unpaired) electrons. The van der Waals surface area contributed by atoms with Crippen LogP contribution in [0.5, 0.6) is 0 Å². The number of hydrogen-bond acceptors (Lipinski definition) is 4. The highest BCUT2D eigenvalue weighted by Crippen LogP contribution is 2.42. The van der Waals surface area contributed by atoms with Gasteiger partial charge in [0, 0.05) is 19.9 Å². The molecule has 3 rings (SSSR count). The van der Waals surface area contributed by atoms with Crippen molar-refractivity contribution >= 4 is 29.3 Å². The van der Waals surface area contributed by atoms with Gasteiger partial charge < -0.3 is 10.2 Å². The van der Waals surface area contributed by atoms with Gasteiger partial charge in [0.15, 0.2) is 0 Å². The normalized spacial score (nSPS) is 20.1. The number of amides is 4. The molecule has 10 heteroatoms. The van der Waals surface area contributed by atoms with Crippen LogP contribution >= 0.6 is 0 Å². The van der Waals surface area contributed by atoms with Gasteiger partial charge in [-0.3, -0.25) is 24.5 Å². The monoisotopic (exact) mass is 369 g/mol. The molecule has 2 aliphatic heterocycles. The molecule has 1 atom stereocenters. The lowest BCUT2D eigenvalue weighted by Gasteiger charge is -2.29. The minimum Gasteiger partial charge on any atom is -0.326 e. The van der Waals surface area contributed by atoms with Gasteiger partial charge >= 0.3 is 6.18 Å². The predicted molar refractivity (Wildman–Crippen MR) is 81.8 cm³/mol. The quantitative estimate of drug-likeness (QED) is 0.771. The first-order valence-electron chi connectivity index (χ1n) is 7.75. The largest absolute Gasteiger partial charge is 0.419 e. The minimum atomic E-state index is -4.88. The number of piperidine rings is 1. The van der Waals surface area contributed by atoms with Crippen LogP contribution in [0.25, 0.3) is 0 Å². The van der Waals surface area contributed by atoms with E-state index in [0.717, 1.165) is 17.9 Å². The summed E-state index contributed by atoms with van der Waals surface area (Å²) >= 11 is 0. The molecule has 1 aromatic rings. The molecule has 2 aliphatic rings. The first kappa shape index (κ1) is 17.9. The van der Waals surface area contributed by atoms with E-state index in [0.29, 0.717) is 0 Å². The molecule has 1 saturated heterocycles. The molecule has 0 bridgehead atoms. The van der Waals surface area contributed by atoms with Gasteiger partial charge in [-0.1, -0.05) is 6.07 Å². The van der Waals surface area contributed by atoms with Crippen molar-refractivity contribution in [1.29, 1.82) is 0 Å². The fourth-order valence-corrected chi connectivity index (χ4v) is 3.24.